The molecule has 156 valence electrons. The second kappa shape index (κ2) is 7.75. The fourth-order valence-electron chi connectivity index (χ4n) is 4.48. The van der Waals surface area contributed by atoms with Gasteiger partial charge >= 0.3 is 0 Å². The Hall–Kier alpha value is -2.30. The molecule has 1 atom stereocenters. The maximum atomic E-state index is 13.4. The van der Waals surface area contributed by atoms with E-state index in [0.29, 0.717) is 39.9 Å². The quantitative estimate of drug-likeness (QED) is 0.569. The number of Topliss-reactive ketones (excluding diaryl/α,β-unsaturated/α-hetero) is 1. The molecule has 1 aliphatic heterocycles. The summed E-state index contributed by atoms with van der Waals surface area (Å²) in [5.41, 5.74) is 2.79. The van der Waals surface area contributed by atoms with E-state index in [2.05, 4.69) is 13.8 Å². The van der Waals surface area contributed by atoms with Gasteiger partial charge in [-0.1, -0.05) is 49.2 Å². The van der Waals surface area contributed by atoms with Gasteiger partial charge in [-0.2, -0.15) is 0 Å². The third-order valence-electron chi connectivity index (χ3n) is 5.80. The van der Waals surface area contributed by atoms with Crippen molar-refractivity contribution in [2.24, 2.45) is 5.41 Å². The van der Waals surface area contributed by atoms with Crippen molar-refractivity contribution < 1.29 is 14.3 Å². The molecule has 0 spiro atoms. The maximum Gasteiger partial charge on any atom is 0.232 e. The third-order valence-corrected chi connectivity index (χ3v) is 6.54. The predicted molar refractivity (Wildman–Crippen MR) is 119 cm³/mol. The van der Waals surface area contributed by atoms with Crippen LogP contribution in [0.1, 0.15) is 44.6 Å². The number of allylic oxidation sites excluding steroid dienone is 2. The number of halogens is 2. The Balaban J connectivity index is 1.90. The monoisotopic (exact) mass is 443 g/mol. The zero-order valence-corrected chi connectivity index (χ0v) is 18.7. The fraction of sp³-hybridized carbons (Fsp3) is 0.333. The molecule has 6 heteroatoms. The molecule has 1 amide bonds. The molecule has 30 heavy (non-hydrogen) atoms. The summed E-state index contributed by atoms with van der Waals surface area (Å²) in [5.74, 6) is 0.444. The Morgan fingerprint density at radius 2 is 1.80 bits per heavy atom. The Kier molecular flexibility index (Phi) is 5.41. The second-order valence-electron chi connectivity index (χ2n) is 8.66. The summed E-state index contributed by atoms with van der Waals surface area (Å²) >= 11 is 12.3. The third kappa shape index (κ3) is 3.75. The van der Waals surface area contributed by atoms with Gasteiger partial charge in [0, 0.05) is 30.0 Å². The highest BCUT2D eigenvalue weighted by atomic mass is 35.5. The van der Waals surface area contributed by atoms with Gasteiger partial charge in [0.05, 0.1) is 22.8 Å². The van der Waals surface area contributed by atoms with Crippen molar-refractivity contribution in [3.63, 3.8) is 0 Å². The van der Waals surface area contributed by atoms with Crippen LogP contribution in [0.25, 0.3) is 0 Å². The average Bonchev–Trinajstić information content (AvgIpc) is 2.68. The topological polar surface area (TPSA) is 46.6 Å². The number of amides is 1. The van der Waals surface area contributed by atoms with Crippen LogP contribution in [-0.2, 0) is 9.59 Å². The normalized spacial score (nSPS) is 21.0. The van der Waals surface area contributed by atoms with E-state index in [9.17, 15) is 9.59 Å². The van der Waals surface area contributed by atoms with Crippen LogP contribution in [0.5, 0.6) is 5.75 Å². The lowest BCUT2D eigenvalue weighted by atomic mass is 9.69. The molecular weight excluding hydrogens is 421 g/mol. The molecule has 0 saturated heterocycles. The molecule has 0 aromatic heterocycles. The number of benzene rings is 2. The number of methoxy groups -OCH3 is 1. The molecule has 4 rings (SSSR count). The van der Waals surface area contributed by atoms with Gasteiger partial charge in [0.1, 0.15) is 5.75 Å². The van der Waals surface area contributed by atoms with Crippen LogP contribution in [0, 0.1) is 5.41 Å². The molecule has 0 bridgehead atoms. The van der Waals surface area contributed by atoms with Crippen molar-refractivity contribution in [3.8, 4) is 5.75 Å². The molecule has 1 unspecified atom stereocenters. The van der Waals surface area contributed by atoms with Crippen molar-refractivity contribution in [3.05, 3.63) is 69.3 Å². The Labute approximate surface area is 186 Å². The molecular formula is C24H23Cl2NO3. The van der Waals surface area contributed by atoms with Crippen LogP contribution in [0.3, 0.4) is 0 Å². The Morgan fingerprint density at radius 1 is 1.03 bits per heavy atom. The molecule has 0 saturated carbocycles. The van der Waals surface area contributed by atoms with Crippen molar-refractivity contribution in [2.45, 2.75) is 39.0 Å². The van der Waals surface area contributed by atoms with Gasteiger partial charge in [-0.3, -0.25) is 14.5 Å². The summed E-state index contributed by atoms with van der Waals surface area (Å²) in [7, 11) is 1.61. The van der Waals surface area contributed by atoms with Crippen LogP contribution in [0.2, 0.25) is 10.0 Å². The first-order valence-corrected chi connectivity index (χ1v) is 10.6. The minimum Gasteiger partial charge on any atom is -0.497 e. The maximum absolute atomic E-state index is 13.4. The zero-order chi connectivity index (χ0) is 21.6. The number of carbonyl (C=O) groups excluding carboxylic acids is 2. The molecule has 2 aromatic carbocycles. The first-order chi connectivity index (χ1) is 14.2. The van der Waals surface area contributed by atoms with Crippen molar-refractivity contribution in [1.29, 1.82) is 0 Å². The van der Waals surface area contributed by atoms with E-state index in [1.54, 1.807) is 30.2 Å². The zero-order valence-electron chi connectivity index (χ0n) is 17.2. The molecule has 1 aliphatic carbocycles. The second-order valence-corrected chi connectivity index (χ2v) is 9.48. The van der Waals surface area contributed by atoms with Crippen molar-refractivity contribution >= 4 is 40.6 Å². The van der Waals surface area contributed by atoms with E-state index < -0.39 is 0 Å². The van der Waals surface area contributed by atoms with Crippen molar-refractivity contribution in [2.75, 3.05) is 12.0 Å². The Bertz CT molecular complexity index is 1070. The number of anilines is 1. The first-order valence-electron chi connectivity index (χ1n) is 9.88. The van der Waals surface area contributed by atoms with Crippen LogP contribution in [0.4, 0.5) is 5.69 Å². The number of ether oxygens (including phenoxy) is 1. The summed E-state index contributed by atoms with van der Waals surface area (Å²) in [6.07, 6.45) is 1.29. The fourth-order valence-corrected chi connectivity index (χ4v) is 4.77. The molecule has 0 N–H and O–H groups in total. The Morgan fingerprint density at radius 3 is 2.50 bits per heavy atom. The number of rotatable bonds is 3. The van der Waals surface area contributed by atoms with Crippen molar-refractivity contribution in [1.82, 2.24) is 0 Å². The summed E-state index contributed by atoms with van der Waals surface area (Å²) in [6, 6.07) is 12.7. The first kappa shape index (κ1) is 21.0. The smallest absolute Gasteiger partial charge is 0.232 e. The van der Waals surface area contributed by atoms with Gasteiger partial charge in [0.15, 0.2) is 5.78 Å². The van der Waals surface area contributed by atoms with Gasteiger partial charge < -0.3 is 4.74 Å². The van der Waals surface area contributed by atoms with Gasteiger partial charge in [0.25, 0.3) is 0 Å². The SMILES string of the molecule is COc1cccc(C2CC(=O)N(c3ccc(Cl)c(Cl)c3)C3=C2C(=O)CC(C)(C)C3)c1. The highest BCUT2D eigenvalue weighted by Crippen LogP contribution is 2.48. The summed E-state index contributed by atoms with van der Waals surface area (Å²) in [4.78, 5) is 28.3. The van der Waals surface area contributed by atoms with E-state index in [1.807, 2.05) is 24.3 Å². The molecule has 1 heterocycles. The summed E-state index contributed by atoms with van der Waals surface area (Å²) in [6.45, 7) is 4.11. The lowest BCUT2D eigenvalue weighted by Crippen LogP contribution is -2.43. The van der Waals surface area contributed by atoms with Gasteiger partial charge in [-0.05, 0) is 47.7 Å². The summed E-state index contributed by atoms with van der Waals surface area (Å²) in [5, 5.41) is 0.800. The minimum absolute atomic E-state index is 0.0644. The highest BCUT2D eigenvalue weighted by molar-refractivity contribution is 6.42. The van der Waals surface area contributed by atoms with Crippen LogP contribution in [0.15, 0.2) is 53.7 Å². The lowest BCUT2D eigenvalue weighted by Gasteiger charge is -2.43. The van der Waals surface area contributed by atoms with E-state index in [1.165, 1.54) is 0 Å². The lowest BCUT2D eigenvalue weighted by molar-refractivity contribution is -0.121. The number of hydrogen-bond donors (Lipinski definition) is 0. The molecule has 0 fully saturated rings. The average molecular weight is 444 g/mol. The van der Waals surface area contributed by atoms with Crippen LogP contribution < -0.4 is 9.64 Å². The number of hydrogen-bond acceptors (Lipinski definition) is 3. The van der Waals surface area contributed by atoms with Gasteiger partial charge in [0.2, 0.25) is 5.91 Å². The van der Waals surface area contributed by atoms with Crippen LogP contribution in [-0.4, -0.2) is 18.8 Å². The summed E-state index contributed by atoms with van der Waals surface area (Å²) < 4.78 is 5.36. The predicted octanol–water partition coefficient (Wildman–Crippen LogP) is 6.17. The molecule has 0 radical (unpaired) electrons. The molecule has 2 aromatic rings. The van der Waals surface area contributed by atoms with E-state index >= 15 is 0 Å². The highest BCUT2D eigenvalue weighted by Gasteiger charge is 2.44. The van der Waals surface area contributed by atoms with Crippen LogP contribution >= 0.6 is 23.2 Å². The van der Waals surface area contributed by atoms with E-state index in [4.69, 9.17) is 27.9 Å². The molecule has 2 aliphatic rings. The van der Waals surface area contributed by atoms with E-state index in [0.717, 1.165) is 11.3 Å². The number of carbonyl (C=O) groups is 2. The number of ketones is 1. The van der Waals surface area contributed by atoms with E-state index in [-0.39, 0.29) is 29.4 Å². The standard InChI is InChI=1S/C24H23Cl2NO3/c1-24(2)12-20-23(21(28)13-24)17(14-5-4-6-16(9-14)30-3)11-22(29)27(20)15-7-8-18(25)19(26)10-15/h4-10,17H,11-13H2,1-3H3. The molecule has 4 nitrogen and oxygen atoms in total. The largest absolute Gasteiger partial charge is 0.497 e. The number of nitrogens with zero attached hydrogens (tertiary/aromatic N) is 1. The van der Waals surface area contributed by atoms with Gasteiger partial charge in [-0.25, -0.2) is 0 Å². The van der Waals surface area contributed by atoms with Gasteiger partial charge in [-0.15, -0.1) is 0 Å². The minimum atomic E-state index is -0.287.